The second-order valence-electron chi connectivity index (χ2n) is 4.96. The molecule has 0 aliphatic carbocycles. The number of carbonyl (C=O) groups excluding carboxylic acids is 2. The SMILES string of the molecule is COc1ccc(C[C@@H](NC(=O)c2ccccc2Cl)C(N)=O)cc1. The summed E-state index contributed by atoms with van der Waals surface area (Å²) in [6.45, 7) is 0. The maximum atomic E-state index is 12.2. The number of carbonyl (C=O) groups is 2. The molecule has 0 unspecified atom stereocenters. The lowest BCUT2D eigenvalue weighted by atomic mass is 10.0. The summed E-state index contributed by atoms with van der Waals surface area (Å²) in [6, 6.07) is 13.0. The van der Waals surface area contributed by atoms with E-state index in [9.17, 15) is 9.59 Å². The number of nitrogens with two attached hydrogens (primary N) is 1. The van der Waals surface area contributed by atoms with E-state index in [0.29, 0.717) is 16.3 Å². The van der Waals surface area contributed by atoms with E-state index in [4.69, 9.17) is 22.1 Å². The van der Waals surface area contributed by atoms with E-state index in [0.717, 1.165) is 5.56 Å². The number of ether oxygens (including phenoxy) is 1. The van der Waals surface area contributed by atoms with Crippen LogP contribution in [0.2, 0.25) is 5.02 Å². The maximum absolute atomic E-state index is 12.2. The number of amides is 2. The average molecular weight is 333 g/mol. The third-order valence-electron chi connectivity index (χ3n) is 3.37. The van der Waals surface area contributed by atoms with Gasteiger partial charge in [-0.15, -0.1) is 0 Å². The van der Waals surface area contributed by atoms with Crippen LogP contribution in [0, 0.1) is 0 Å². The highest BCUT2D eigenvalue weighted by Crippen LogP contribution is 2.16. The van der Waals surface area contributed by atoms with Crippen LogP contribution < -0.4 is 15.8 Å². The summed E-state index contributed by atoms with van der Waals surface area (Å²) in [4.78, 5) is 23.9. The summed E-state index contributed by atoms with van der Waals surface area (Å²) in [7, 11) is 1.57. The molecule has 2 aromatic carbocycles. The summed E-state index contributed by atoms with van der Waals surface area (Å²) < 4.78 is 5.08. The van der Waals surface area contributed by atoms with Gasteiger partial charge in [-0.25, -0.2) is 0 Å². The van der Waals surface area contributed by atoms with Crippen molar-refractivity contribution >= 4 is 23.4 Å². The maximum Gasteiger partial charge on any atom is 0.253 e. The van der Waals surface area contributed by atoms with Gasteiger partial charge in [-0.2, -0.15) is 0 Å². The molecule has 0 aromatic heterocycles. The van der Waals surface area contributed by atoms with Crippen molar-refractivity contribution in [2.24, 2.45) is 5.73 Å². The van der Waals surface area contributed by atoms with Crippen LogP contribution in [0.1, 0.15) is 15.9 Å². The average Bonchev–Trinajstić information content (AvgIpc) is 2.55. The predicted octanol–water partition coefficient (Wildman–Crippen LogP) is 2.17. The highest BCUT2D eigenvalue weighted by molar-refractivity contribution is 6.33. The molecule has 0 heterocycles. The summed E-state index contributed by atoms with van der Waals surface area (Å²) in [5.74, 6) is -0.335. The van der Waals surface area contributed by atoms with E-state index >= 15 is 0 Å². The third kappa shape index (κ3) is 4.47. The second kappa shape index (κ2) is 7.65. The van der Waals surface area contributed by atoms with Crippen molar-refractivity contribution in [3.8, 4) is 5.75 Å². The monoisotopic (exact) mass is 332 g/mol. The van der Waals surface area contributed by atoms with Crippen molar-refractivity contribution in [1.82, 2.24) is 5.32 Å². The van der Waals surface area contributed by atoms with Crippen molar-refractivity contribution in [2.75, 3.05) is 7.11 Å². The van der Waals surface area contributed by atoms with Gasteiger partial charge in [0.05, 0.1) is 17.7 Å². The number of hydrogen-bond acceptors (Lipinski definition) is 3. The van der Waals surface area contributed by atoms with Gasteiger partial charge in [0.2, 0.25) is 5.91 Å². The van der Waals surface area contributed by atoms with Crippen LogP contribution in [-0.4, -0.2) is 25.0 Å². The zero-order chi connectivity index (χ0) is 16.8. The minimum atomic E-state index is -0.827. The lowest BCUT2D eigenvalue weighted by Gasteiger charge is -2.16. The topological polar surface area (TPSA) is 81.4 Å². The van der Waals surface area contributed by atoms with E-state index in [-0.39, 0.29) is 6.42 Å². The van der Waals surface area contributed by atoms with E-state index in [1.807, 2.05) is 12.1 Å². The van der Waals surface area contributed by atoms with Gasteiger partial charge in [0, 0.05) is 6.42 Å². The molecule has 2 rings (SSSR count). The molecule has 0 saturated heterocycles. The molecule has 2 amide bonds. The van der Waals surface area contributed by atoms with Crippen molar-refractivity contribution in [1.29, 1.82) is 0 Å². The Morgan fingerprint density at radius 3 is 2.39 bits per heavy atom. The first-order valence-electron chi connectivity index (χ1n) is 6.99. The summed E-state index contributed by atoms with van der Waals surface area (Å²) in [5, 5.41) is 2.94. The van der Waals surface area contributed by atoms with Gasteiger partial charge in [0.15, 0.2) is 0 Å². The predicted molar refractivity (Wildman–Crippen MR) is 88.6 cm³/mol. The van der Waals surface area contributed by atoms with Crippen LogP contribution in [-0.2, 0) is 11.2 Å². The first-order valence-corrected chi connectivity index (χ1v) is 7.36. The van der Waals surface area contributed by atoms with Crippen LogP contribution >= 0.6 is 11.6 Å². The molecule has 0 aliphatic rings. The first kappa shape index (κ1) is 16.8. The van der Waals surface area contributed by atoms with E-state index in [2.05, 4.69) is 5.32 Å². The normalized spacial score (nSPS) is 11.6. The Bertz CT molecular complexity index is 701. The third-order valence-corrected chi connectivity index (χ3v) is 3.70. The Morgan fingerprint density at radius 1 is 1.17 bits per heavy atom. The second-order valence-corrected chi connectivity index (χ2v) is 5.37. The van der Waals surface area contributed by atoms with Gasteiger partial charge < -0.3 is 15.8 Å². The van der Waals surface area contributed by atoms with Crippen LogP contribution in [0.3, 0.4) is 0 Å². The molecule has 120 valence electrons. The molecular weight excluding hydrogens is 316 g/mol. The first-order chi connectivity index (χ1) is 11.0. The molecular formula is C17H17ClN2O3. The Hall–Kier alpha value is -2.53. The van der Waals surface area contributed by atoms with Gasteiger partial charge in [-0.3, -0.25) is 9.59 Å². The number of halogens is 1. The minimum Gasteiger partial charge on any atom is -0.497 e. The molecule has 23 heavy (non-hydrogen) atoms. The van der Waals surface area contributed by atoms with Crippen molar-refractivity contribution in [3.63, 3.8) is 0 Å². The Kier molecular flexibility index (Phi) is 5.60. The molecule has 0 aliphatic heterocycles. The number of rotatable bonds is 6. The smallest absolute Gasteiger partial charge is 0.253 e. The van der Waals surface area contributed by atoms with Gasteiger partial charge in [0.1, 0.15) is 11.8 Å². The van der Waals surface area contributed by atoms with Crippen LogP contribution in [0.25, 0.3) is 0 Å². The zero-order valence-electron chi connectivity index (χ0n) is 12.6. The van der Waals surface area contributed by atoms with Gasteiger partial charge >= 0.3 is 0 Å². The van der Waals surface area contributed by atoms with E-state index < -0.39 is 17.9 Å². The molecule has 0 radical (unpaired) electrons. The molecule has 0 saturated carbocycles. The fourth-order valence-electron chi connectivity index (χ4n) is 2.10. The summed E-state index contributed by atoms with van der Waals surface area (Å²) in [5.41, 5.74) is 6.55. The standard InChI is InChI=1S/C17H17ClN2O3/c1-23-12-8-6-11(7-9-12)10-15(16(19)21)20-17(22)13-4-2-3-5-14(13)18/h2-9,15H,10H2,1H3,(H2,19,21)(H,20,22)/t15-/m1/s1. The Labute approximate surface area is 139 Å². The number of benzene rings is 2. The van der Waals surface area contributed by atoms with Gasteiger partial charge in [-0.05, 0) is 29.8 Å². The molecule has 1 atom stereocenters. The quantitative estimate of drug-likeness (QED) is 0.850. The molecule has 0 spiro atoms. The largest absolute Gasteiger partial charge is 0.497 e. The van der Waals surface area contributed by atoms with Crippen LogP contribution in [0.5, 0.6) is 5.75 Å². The lowest BCUT2D eigenvalue weighted by molar-refractivity contribution is -0.119. The number of hydrogen-bond donors (Lipinski definition) is 2. The fraction of sp³-hybridized carbons (Fsp3) is 0.176. The summed E-state index contributed by atoms with van der Waals surface area (Å²) >= 11 is 5.98. The lowest BCUT2D eigenvalue weighted by Crippen LogP contribution is -2.45. The van der Waals surface area contributed by atoms with Crippen LogP contribution in [0.15, 0.2) is 48.5 Å². The minimum absolute atomic E-state index is 0.287. The Balaban J connectivity index is 2.11. The van der Waals surface area contributed by atoms with E-state index in [1.54, 1.807) is 43.5 Å². The fourth-order valence-corrected chi connectivity index (χ4v) is 2.32. The van der Waals surface area contributed by atoms with Crippen LogP contribution in [0.4, 0.5) is 0 Å². The van der Waals surface area contributed by atoms with Crippen molar-refractivity contribution in [3.05, 3.63) is 64.7 Å². The molecule has 3 N–H and O–H groups in total. The highest BCUT2D eigenvalue weighted by atomic mass is 35.5. The number of primary amides is 1. The van der Waals surface area contributed by atoms with E-state index in [1.165, 1.54) is 0 Å². The number of methoxy groups -OCH3 is 1. The molecule has 6 heteroatoms. The molecule has 5 nitrogen and oxygen atoms in total. The number of nitrogens with one attached hydrogen (secondary N) is 1. The molecule has 0 bridgehead atoms. The van der Waals surface area contributed by atoms with Gasteiger partial charge in [-0.1, -0.05) is 35.9 Å². The van der Waals surface area contributed by atoms with Crippen molar-refractivity contribution < 1.29 is 14.3 Å². The highest BCUT2D eigenvalue weighted by Gasteiger charge is 2.20. The molecule has 0 fully saturated rings. The Morgan fingerprint density at radius 2 is 1.83 bits per heavy atom. The molecule has 2 aromatic rings. The van der Waals surface area contributed by atoms with Gasteiger partial charge in [0.25, 0.3) is 5.91 Å². The van der Waals surface area contributed by atoms with Crippen molar-refractivity contribution in [2.45, 2.75) is 12.5 Å². The summed E-state index contributed by atoms with van der Waals surface area (Å²) in [6.07, 6.45) is 0.287. The zero-order valence-corrected chi connectivity index (χ0v) is 13.3.